The fraction of sp³-hybridized carbons (Fsp3) is 0.333. The molecule has 0 fully saturated rings. The lowest BCUT2D eigenvalue weighted by Crippen LogP contribution is -2.33. The predicted molar refractivity (Wildman–Crippen MR) is 129 cm³/mol. The number of anilines is 1. The molecule has 0 radical (unpaired) electrons. The summed E-state index contributed by atoms with van der Waals surface area (Å²) in [6.45, 7) is 3.39. The normalized spacial score (nSPS) is 10.9. The van der Waals surface area contributed by atoms with Crippen LogP contribution in [-0.4, -0.2) is 50.1 Å². The second-order valence-electron chi connectivity index (χ2n) is 7.00. The van der Waals surface area contributed by atoms with Crippen molar-refractivity contribution in [2.24, 2.45) is 0 Å². The van der Waals surface area contributed by atoms with Crippen LogP contribution in [0.25, 0.3) is 10.2 Å². The number of aryl methyl sites for hydroxylation is 1. The Kier molecular flexibility index (Phi) is 8.76. The van der Waals surface area contributed by atoms with E-state index in [2.05, 4.69) is 4.90 Å². The fourth-order valence-electron chi connectivity index (χ4n) is 3.01. The number of hydrogen-bond donors (Lipinski definition) is 0. The number of ether oxygens (including phenoxy) is 1. The number of aromatic nitrogens is 1. The van der Waals surface area contributed by atoms with Crippen molar-refractivity contribution in [1.82, 2.24) is 9.88 Å². The predicted octanol–water partition coefficient (Wildman–Crippen LogP) is 5.94. The highest BCUT2D eigenvalue weighted by Gasteiger charge is 2.24. The van der Waals surface area contributed by atoms with E-state index in [0.717, 1.165) is 28.7 Å². The van der Waals surface area contributed by atoms with E-state index in [0.29, 0.717) is 33.0 Å². The topological polar surface area (TPSA) is 45.7 Å². The lowest BCUT2D eigenvalue weighted by molar-refractivity contribution is 0.0986. The van der Waals surface area contributed by atoms with Crippen LogP contribution in [0.5, 0.6) is 5.75 Å². The molecule has 0 aliphatic carbocycles. The van der Waals surface area contributed by atoms with Gasteiger partial charge in [0.15, 0.2) is 5.13 Å². The molecule has 1 heterocycles. The van der Waals surface area contributed by atoms with E-state index in [1.165, 1.54) is 11.3 Å². The summed E-state index contributed by atoms with van der Waals surface area (Å²) in [5.74, 6) is 0.474. The molecule has 1 aromatic heterocycles. The van der Waals surface area contributed by atoms with Gasteiger partial charge in [0.05, 0.1) is 22.4 Å². The number of amides is 1. The van der Waals surface area contributed by atoms with E-state index in [-0.39, 0.29) is 18.3 Å². The van der Waals surface area contributed by atoms with Crippen LogP contribution >= 0.6 is 46.9 Å². The second-order valence-corrected chi connectivity index (χ2v) is 8.82. The van der Waals surface area contributed by atoms with Gasteiger partial charge in [-0.05, 0) is 63.8 Å². The number of carbonyl (C=O) groups excluding carboxylic acids is 1. The van der Waals surface area contributed by atoms with Crippen molar-refractivity contribution in [2.45, 2.75) is 13.3 Å². The number of rotatable bonds is 7. The minimum atomic E-state index is -0.216. The van der Waals surface area contributed by atoms with Crippen molar-refractivity contribution in [3.63, 3.8) is 0 Å². The van der Waals surface area contributed by atoms with Crippen molar-refractivity contribution in [2.75, 3.05) is 39.2 Å². The van der Waals surface area contributed by atoms with E-state index in [1.54, 1.807) is 30.2 Å². The van der Waals surface area contributed by atoms with Gasteiger partial charge in [-0.25, -0.2) is 4.98 Å². The summed E-state index contributed by atoms with van der Waals surface area (Å²) in [7, 11) is 5.63. The van der Waals surface area contributed by atoms with Crippen LogP contribution in [0.4, 0.5) is 5.13 Å². The van der Waals surface area contributed by atoms with Crippen molar-refractivity contribution in [3.8, 4) is 5.75 Å². The first kappa shape index (κ1) is 24.7. The Morgan fingerprint density at radius 1 is 1.17 bits per heavy atom. The van der Waals surface area contributed by atoms with Crippen LogP contribution in [0.3, 0.4) is 0 Å². The number of halogens is 3. The molecule has 0 bridgehead atoms. The van der Waals surface area contributed by atoms with Gasteiger partial charge >= 0.3 is 0 Å². The van der Waals surface area contributed by atoms with Crippen LogP contribution in [0.15, 0.2) is 30.3 Å². The standard InChI is InChI=1S/C21H23Cl2N3O2S.ClH/c1-13-6-9-17(28-4)18-19(13)29-21(24-18)26(11-5-10-25(2)3)20(27)15-12-14(22)7-8-16(15)23;/h6-9,12H,5,10-11H2,1-4H3;1H. The van der Waals surface area contributed by atoms with Crippen LogP contribution in [0.1, 0.15) is 22.3 Å². The van der Waals surface area contributed by atoms with Crippen molar-refractivity contribution in [1.29, 1.82) is 0 Å². The highest BCUT2D eigenvalue weighted by Crippen LogP contribution is 2.37. The lowest BCUT2D eigenvalue weighted by Gasteiger charge is -2.21. The Morgan fingerprint density at radius 3 is 2.57 bits per heavy atom. The zero-order chi connectivity index (χ0) is 21.1. The number of thiazole rings is 1. The number of benzene rings is 2. The Hall–Kier alpha value is -1.57. The van der Waals surface area contributed by atoms with Gasteiger partial charge in [-0.2, -0.15) is 0 Å². The summed E-state index contributed by atoms with van der Waals surface area (Å²) in [5.41, 5.74) is 2.22. The Balaban J connectivity index is 0.00000320. The second kappa shape index (κ2) is 10.6. The molecule has 3 aromatic rings. The molecule has 0 atom stereocenters. The quantitative estimate of drug-likeness (QED) is 0.413. The zero-order valence-corrected chi connectivity index (χ0v) is 20.4. The van der Waals surface area contributed by atoms with Crippen molar-refractivity contribution >= 4 is 68.2 Å². The molecule has 1 amide bonds. The van der Waals surface area contributed by atoms with Gasteiger partial charge in [0.25, 0.3) is 5.91 Å². The van der Waals surface area contributed by atoms with Crippen LogP contribution in [-0.2, 0) is 0 Å². The molecule has 0 aliphatic rings. The molecule has 0 aliphatic heterocycles. The molecular formula is C21H24Cl3N3O2S. The van der Waals surface area contributed by atoms with E-state index >= 15 is 0 Å². The Morgan fingerprint density at radius 2 is 1.90 bits per heavy atom. The molecule has 162 valence electrons. The summed E-state index contributed by atoms with van der Waals surface area (Å²) in [4.78, 5) is 21.9. The highest BCUT2D eigenvalue weighted by atomic mass is 35.5. The van der Waals surface area contributed by atoms with E-state index in [4.69, 9.17) is 32.9 Å². The molecule has 0 N–H and O–H groups in total. The smallest absolute Gasteiger partial charge is 0.261 e. The number of fused-ring (bicyclic) bond motifs is 1. The molecule has 9 heteroatoms. The summed E-state index contributed by atoms with van der Waals surface area (Å²) in [6.07, 6.45) is 0.795. The summed E-state index contributed by atoms with van der Waals surface area (Å²) < 4.78 is 6.47. The molecule has 0 spiro atoms. The molecule has 0 saturated carbocycles. The van der Waals surface area contributed by atoms with Gasteiger partial charge in [-0.3, -0.25) is 9.69 Å². The number of hydrogen-bond acceptors (Lipinski definition) is 5. The van der Waals surface area contributed by atoms with Crippen LogP contribution in [0.2, 0.25) is 10.0 Å². The maximum atomic E-state index is 13.4. The SMILES string of the molecule is COc1ccc(C)c2sc(N(CCCN(C)C)C(=O)c3cc(Cl)ccc3Cl)nc12.Cl. The molecular weight excluding hydrogens is 465 g/mol. The first-order valence-corrected chi connectivity index (χ1v) is 10.7. The Bertz CT molecular complexity index is 1040. The fourth-order valence-corrected chi connectivity index (χ4v) is 4.46. The third kappa shape index (κ3) is 5.37. The van der Waals surface area contributed by atoms with Gasteiger partial charge in [-0.1, -0.05) is 40.6 Å². The highest BCUT2D eigenvalue weighted by molar-refractivity contribution is 7.22. The minimum absolute atomic E-state index is 0. The number of nitrogens with zero attached hydrogens (tertiary/aromatic N) is 3. The van der Waals surface area contributed by atoms with Gasteiger partial charge < -0.3 is 9.64 Å². The average Bonchev–Trinajstić information content (AvgIpc) is 3.13. The number of carbonyl (C=O) groups is 1. The largest absolute Gasteiger partial charge is 0.494 e. The molecule has 0 saturated heterocycles. The van der Waals surface area contributed by atoms with Crippen LogP contribution in [0, 0.1) is 6.92 Å². The van der Waals surface area contributed by atoms with Crippen molar-refractivity contribution < 1.29 is 9.53 Å². The summed E-state index contributed by atoms with van der Waals surface area (Å²) in [6, 6.07) is 8.80. The first-order chi connectivity index (χ1) is 13.8. The van der Waals surface area contributed by atoms with E-state index in [1.807, 2.05) is 33.2 Å². The molecule has 3 rings (SSSR count). The van der Waals surface area contributed by atoms with E-state index < -0.39 is 0 Å². The molecule has 0 unspecified atom stereocenters. The Labute approximate surface area is 197 Å². The maximum absolute atomic E-state index is 13.4. The van der Waals surface area contributed by atoms with E-state index in [9.17, 15) is 4.79 Å². The maximum Gasteiger partial charge on any atom is 0.261 e. The van der Waals surface area contributed by atoms with Crippen LogP contribution < -0.4 is 9.64 Å². The van der Waals surface area contributed by atoms with Gasteiger partial charge in [0, 0.05) is 11.6 Å². The third-order valence-electron chi connectivity index (χ3n) is 4.53. The first-order valence-electron chi connectivity index (χ1n) is 9.17. The zero-order valence-electron chi connectivity index (χ0n) is 17.2. The van der Waals surface area contributed by atoms with Crippen molar-refractivity contribution in [3.05, 3.63) is 51.5 Å². The average molecular weight is 489 g/mol. The van der Waals surface area contributed by atoms with Gasteiger partial charge in [0.1, 0.15) is 11.3 Å². The summed E-state index contributed by atoms with van der Waals surface area (Å²) in [5, 5.41) is 1.45. The summed E-state index contributed by atoms with van der Waals surface area (Å²) >= 11 is 13.9. The van der Waals surface area contributed by atoms with Gasteiger partial charge in [0.2, 0.25) is 0 Å². The molecule has 2 aromatic carbocycles. The molecule has 5 nitrogen and oxygen atoms in total. The lowest BCUT2D eigenvalue weighted by atomic mass is 10.2. The third-order valence-corrected chi connectivity index (χ3v) is 6.31. The molecule has 30 heavy (non-hydrogen) atoms. The number of methoxy groups -OCH3 is 1. The minimum Gasteiger partial charge on any atom is -0.494 e. The van der Waals surface area contributed by atoms with Gasteiger partial charge in [-0.15, -0.1) is 12.4 Å². The monoisotopic (exact) mass is 487 g/mol.